The van der Waals surface area contributed by atoms with Gasteiger partial charge in [0, 0.05) is 11.6 Å². The van der Waals surface area contributed by atoms with Gasteiger partial charge >= 0.3 is 11.7 Å². The number of ether oxygens (including phenoxy) is 2. The molecule has 0 atom stereocenters. The predicted molar refractivity (Wildman–Crippen MR) is 104 cm³/mol. The first-order valence-corrected chi connectivity index (χ1v) is 8.40. The molecule has 0 spiro atoms. The summed E-state index contributed by atoms with van der Waals surface area (Å²) < 4.78 is 10.3. The Morgan fingerprint density at radius 1 is 1.11 bits per heavy atom. The molecular formula is C21H14N2O5. The number of rotatable bonds is 4. The molecule has 0 bridgehead atoms. The summed E-state index contributed by atoms with van der Waals surface area (Å²) in [5, 5.41) is 13.1. The summed E-state index contributed by atoms with van der Waals surface area (Å²) in [5.41, 5.74) is 1.03. The molecule has 7 nitrogen and oxygen atoms in total. The van der Waals surface area contributed by atoms with Crippen LogP contribution in [0.3, 0.4) is 0 Å². The van der Waals surface area contributed by atoms with E-state index in [-0.39, 0.29) is 23.0 Å². The maximum atomic E-state index is 12.3. The molecule has 1 heterocycles. The van der Waals surface area contributed by atoms with Crippen LogP contribution < -0.4 is 4.74 Å². The van der Waals surface area contributed by atoms with Gasteiger partial charge in [0.25, 0.3) is 0 Å². The molecule has 1 aliphatic rings. The lowest BCUT2D eigenvalue weighted by Gasteiger charge is -2.04. The van der Waals surface area contributed by atoms with Crippen molar-refractivity contribution in [3.05, 3.63) is 87.6 Å². The van der Waals surface area contributed by atoms with Crippen LogP contribution in [0.1, 0.15) is 11.1 Å². The van der Waals surface area contributed by atoms with Crippen LogP contribution in [0.25, 0.3) is 16.8 Å². The number of esters is 1. The molecule has 138 valence electrons. The van der Waals surface area contributed by atoms with Gasteiger partial charge in [-0.3, -0.25) is 10.1 Å². The van der Waals surface area contributed by atoms with E-state index in [0.29, 0.717) is 11.1 Å². The van der Waals surface area contributed by atoms with E-state index in [1.165, 1.54) is 25.3 Å². The number of nitro benzene ring substituents is 1. The van der Waals surface area contributed by atoms with Crippen molar-refractivity contribution >= 4 is 34.4 Å². The molecule has 3 aromatic carbocycles. The molecular weight excluding hydrogens is 360 g/mol. The van der Waals surface area contributed by atoms with Crippen LogP contribution in [0.15, 0.2) is 71.4 Å². The number of methoxy groups -OCH3 is 1. The van der Waals surface area contributed by atoms with Gasteiger partial charge in [0.1, 0.15) is 0 Å². The van der Waals surface area contributed by atoms with Crippen molar-refractivity contribution in [3.63, 3.8) is 0 Å². The number of benzene rings is 3. The van der Waals surface area contributed by atoms with Crippen molar-refractivity contribution in [1.82, 2.24) is 0 Å². The quantitative estimate of drug-likeness (QED) is 0.297. The first kappa shape index (κ1) is 17.4. The lowest BCUT2D eigenvalue weighted by Crippen LogP contribution is -2.05. The molecule has 0 aromatic heterocycles. The fraction of sp³-hybridized carbons (Fsp3) is 0.0476. The Balaban J connectivity index is 1.75. The van der Waals surface area contributed by atoms with Gasteiger partial charge in [-0.25, -0.2) is 9.79 Å². The third kappa shape index (κ3) is 3.09. The molecule has 28 heavy (non-hydrogen) atoms. The molecule has 0 radical (unpaired) electrons. The largest absolute Gasteiger partial charge is 0.490 e. The second-order valence-corrected chi connectivity index (χ2v) is 6.05. The van der Waals surface area contributed by atoms with Gasteiger partial charge in [-0.1, -0.05) is 42.5 Å². The maximum absolute atomic E-state index is 12.3. The van der Waals surface area contributed by atoms with Crippen molar-refractivity contribution < 1.29 is 19.2 Å². The third-order valence-electron chi connectivity index (χ3n) is 4.34. The molecule has 0 N–H and O–H groups in total. The topological polar surface area (TPSA) is 91.0 Å². The Labute approximate surface area is 159 Å². The van der Waals surface area contributed by atoms with E-state index in [9.17, 15) is 14.9 Å². The Morgan fingerprint density at radius 3 is 2.68 bits per heavy atom. The molecule has 1 aliphatic heterocycles. The highest BCUT2D eigenvalue weighted by atomic mass is 16.6. The van der Waals surface area contributed by atoms with Crippen LogP contribution in [0.2, 0.25) is 0 Å². The van der Waals surface area contributed by atoms with Gasteiger partial charge in [0.05, 0.1) is 12.0 Å². The summed E-state index contributed by atoms with van der Waals surface area (Å²) >= 11 is 0. The average molecular weight is 374 g/mol. The minimum Gasteiger partial charge on any atom is -0.490 e. The minimum absolute atomic E-state index is 0.0717. The van der Waals surface area contributed by atoms with Crippen molar-refractivity contribution in [3.8, 4) is 5.75 Å². The van der Waals surface area contributed by atoms with Gasteiger partial charge < -0.3 is 9.47 Å². The Morgan fingerprint density at radius 2 is 1.89 bits per heavy atom. The molecule has 3 aromatic rings. The smallest absolute Gasteiger partial charge is 0.363 e. The molecule has 0 unspecified atom stereocenters. The fourth-order valence-electron chi connectivity index (χ4n) is 3.03. The van der Waals surface area contributed by atoms with Crippen LogP contribution in [0.4, 0.5) is 5.69 Å². The van der Waals surface area contributed by atoms with Crippen LogP contribution in [0, 0.1) is 10.1 Å². The standard InChI is InChI=1S/C21H14N2O5/c1-27-19-10-9-13(12-18(19)23(25)26)11-17-21(24)28-20(22-17)16-8-4-6-14-5-2-3-7-15(14)16/h2-12H,1H3. The number of fused-ring (bicyclic) bond motifs is 1. The van der Waals surface area contributed by atoms with Gasteiger partial charge in [0.15, 0.2) is 11.4 Å². The van der Waals surface area contributed by atoms with E-state index in [1.54, 1.807) is 6.07 Å². The molecule has 0 saturated carbocycles. The SMILES string of the molecule is COc1ccc(C=C2N=C(c3cccc4ccccc34)OC2=O)cc1[N+](=O)[O-]. The van der Waals surface area contributed by atoms with Gasteiger partial charge in [-0.05, 0) is 34.5 Å². The fourth-order valence-corrected chi connectivity index (χ4v) is 3.03. The normalized spacial score (nSPS) is 14.8. The number of aliphatic imine (C=N–C) groups is 1. The number of carbonyl (C=O) groups is 1. The first-order chi connectivity index (χ1) is 13.6. The number of carbonyl (C=O) groups excluding carboxylic acids is 1. The summed E-state index contributed by atoms with van der Waals surface area (Å²) in [6, 6.07) is 17.8. The average Bonchev–Trinajstić information content (AvgIpc) is 3.07. The minimum atomic E-state index is -0.610. The molecule has 7 heteroatoms. The first-order valence-electron chi connectivity index (χ1n) is 8.40. The lowest BCUT2D eigenvalue weighted by molar-refractivity contribution is -0.385. The van der Waals surface area contributed by atoms with E-state index < -0.39 is 10.9 Å². The van der Waals surface area contributed by atoms with E-state index >= 15 is 0 Å². The van der Waals surface area contributed by atoms with Crippen molar-refractivity contribution in [1.29, 1.82) is 0 Å². The molecule has 0 fully saturated rings. The number of nitrogens with zero attached hydrogens (tertiary/aromatic N) is 2. The van der Waals surface area contributed by atoms with E-state index in [1.807, 2.05) is 42.5 Å². The van der Waals surface area contributed by atoms with E-state index in [4.69, 9.17) is 9.47 Å². The van der Waals surface area contributed by atoms with E-state index in [2.05, 4.69) is 4.99 Å². The van der Waals surface area contributed by atoms with Crippen LogP contribution in [0.5, 0.6) is 5.75 Å². The van der Waals surface area contributed by atoms with E-state index in [0.717, 1.165) is 10.8 Å². The van der Waals surface area contributed by atoms with Gasteiger partial charge in [-0.15, -0.1) is 0 Å². The van der Waals surface area contributed by atoms with Crippen molar-refractivity contribution in [2.24, 2.45) is 4.99 Å². The lowest BCUT2D eigenvalue weighted by atomic mass is 10.0. The molecule has 0 amide bonds. The highest BCUT2D eigenvalue weighted by Gasteiger charge is 2.25. The maximum Gasteiger partial charge on any atom is 0.363 e. The summed E-state index contributed by atoms with van der Waals surface area (Å²) in [6.07, 6.45) is 1.45. The zero-order chi connectivity index (χ0) is 19.7. The monoisotopic (exact) mass is 374 g/mol. The summed E-state index contributed by atoms with van der Waals surface area (Å²) in [6.45, 7) is 0. The molecule has 0 aliphatic carbocycles. The predicted octanol–water partition coefficient (Wildman–Crippen LogP) is 4.10. The number of cyclic esters (lactones) is 1. The summed E-state index contributed by atoms with van der Waals surface area (Å²) in [5.74, 6) is -0.265. The van der Waals surface area contributed by atoms with Crippen LogP contribution >= 0.6 is 0 Å². The Hall–Kier alpha value is -4.00. The zero-order valence-electron chi connectivity index (χ0n) is 14.8. The van der Waals surface area contributed by atoms with Crippen LogP contribution in [-0.2, 0) is 9.53 Å². The highest BCUT2D eigenvalue weighted by Crippen LogP contribution is 2.30. The number of hydrogen-bond donors (Lipinski definition) is 0. The number of nitro groups is 1. The Bertz CT molecular complexity index is 1180. The second-order valence-electron chi connectivity index (χ2n) is 6.05. The summed E-state index contributed by atoms with van der Waals surface area (Å²) in [4.78, 5) is 27.2. The van der Waals surface area contributed by atoms with Crippen molar-refractivity contribution in [2.75, 3.05) is 7.11 Å². The van der Waals surface area contributed by atoms with Gasteiger partial charge in [-0.2, -0.15) is 0 Å². The molecule has 0 saturated heterocycles. The molecule has 4 rings (SSSR count). The number of hydrogen-bond acceptors (Lipinski definition) is 6. The van der Waals surface area contributed by atoms with Gasteiger partial charge in [0.2, 0.25) is 5.90 Å². The second kappa shape index (κ2) is 6.96. The highest BCUT2D eigenvalue weighted by molar-refractivity contribution is 6.17. The Kier molecular flexibility index (Phi) is 4.33. The summed E-state index contributed by atoms with van der Waals surface area (Å²) in [7, 11) is 1.36. The van der Waals surface area contributed by atoms with Crippen LogP contribution in [-0.4, -0.2) is 23.9 Å². The third-order valence-corrected chi connectivity index (χ3v) is 4.34. The van der Waals surface area contributed by atoms with Crippen molar-refractivity contribution in [2.45, 2.75) is 0 Å². The zero-order valence-corrected chi connectivity index (χ0v) is 14.8.